The third-order valence-electron chi connectivity index (χ3n) is 2.37. The van der Waals surface area contributed by atoms with Crippen molar-refractivity contribution in [2.24, 2.45) is 0 Å². The highest BCUT2D eigenvalue weighted by Crippen LogP contribution is 2.08. The largest absolute Gasteiger partial charge is 0.497 e. The van der Waals surface area contributed by atoms with Gasteiger partial charge in [-0.2, -0.15) is 0 Å². The first-order valence-electron chi connectivity index (χ1n) is 5.72. The number of carbonyl (C=O) groups excluding carboxylic acids is 1. The summed E-state index contributed by atoms with van der Waals surface area (Å²) < 4.78 is 5.28. The number of ether oxygens (including phenoxy) is 1. The molecule has 0 aromatic carbocycles. The first kappa shape index (κ1) is 13.3. The van der Waals surface area contributed by atoms with E-state index in [-0.39, 0.29) is 18.6 Å². The molecule has 1 atom stereocenters. The SMILES string of the molecule is O=C(O)CCCNC(=O)NCC1CCC=CO1. The van der Waals surface area contributed by atoms with Gasteiger partial charge >= 0.3 is 12.0 Å². The zero-order chi connectivity index (χ0) is 12.5. The molecule has 0 fully saturated rings. The van der Waals surface area contributed by atoms with Gasteiger partial charge in [-0.05, 0) is 25.3 Å². The van der Waals surface area contributed by atoms with Crippen LogP contribution in [0.5, 0.6) is 0 Å². The first-order chi connectivity index (χ1) is 8.18. The lowest BCUT2D eigenvalue weighted by molar-refractivity contribution is -0.137. The smallest absolute Gasteiger partial charge is 0.314 e. The Morgan fingerprint density at radius 2 is 2.24 bits per heavy atom. The first-order valence-corrected chi connectivity index (χ1v) is 5.72. The second-order valence-corrected chi connectivity index (χ2v) is 3.84. The number of urea groups is 1. The van der Waals surface area contributed by atoms with Gasteiger partial charge < -0.3 is 20.5 Å². The number of hydrogen-bond donors (Lipinski definition) is 3. The van der Waals surface area contributed by atoms with E-state index in [2.05, 4.69) is 10.6 Å². The number of hydrogen-bond acceptors (Lipinski definition) is 3. The van der Waals surface area contributed by atoms with E-state index in [1.165, 1.54) is 0 Å². The Kier molecular flexibility index (Phi) is 5.92. The van der Waals surface area contributed by atoms with Crippen LogP contribution in [0.3, 0.4) is 0 Å². The summed E-state index contributed by atoms with van der Waals surface area (Å²) in [5, 5.41) is 13.7. The minimum atomic E-state index is -0.852. The zero-order valence-corrected chi connectivity index (χ0v) is 9.65. The standard InChI is InChI=1S/C11H18N2O4/c14-10(15)5-3-6-12-11(16)13-8-9-4-1-2-7-17-9/h2,7,9H,1,3-6,8H2,(H,14,15)(H2,12,13,16). The maximum Gasteiger partial charge on any atom is 0.314 e. The van der Waals surface area contributed by atoms with Crippen molar-refractivity contribution < 1.29 is 19.4 Å². The fourth-order valence-electron chi connectivity index (χ4n) is 1.45. The summed E-state index contributed by atoms with van der Waals surface area (Å²) in [5.41, 5.74) is 0. The van der Waals surface area contributed by atoms with Crippen molar-refractivity contribution in [2.45, 2.75) is 31.8 Å². The van der Waals surface area contributed by atoms with Gasteiger partial charge in [0.05, 0.1) is 12.8 Å². The van der Waals surface area contributed by atoms with Crippen LogP contribution in [0.2, 0.25) is 0 Å². The normalized spacial score (nSPS) is 18.2. The van der Waals surface area contributed by atoms with Gasteiger partial charge in [-0.15, -0.1) is 0 Å². The fraction of sp³-hybridized carbons (Fsp3) is 0.636. The monoisotopic (exact) mass is 242 g/mol. The molecular formula is C11H18N2O4. The summed E-state index contributed by atoms with van der Waals surface area (Å²) in [5.74, 6) is -0.852. The van der Waals surface area contributed by atoms with E-state index in [9.17, 15) is 9.59 Å². The molecule has 0 aromatic rings. The number of rotatable bonds is 6. The Morgan fingerprint density at radius 3 is 2.88 bits per heavy atom. The molecule has 1 aliphatic rings. The van der Waals surface area contributed by atoms with E-state index in [0.29, 0.717) is 19.5 Å². The van der Waals surface area contributed by atoms with Gasteiger partial charge in [0.15, 0.2) is 0 Å². The van der Waals surface area contributed by atoms with Crippen LogP contribution in [-0.4, -0.2) is 36.3 Å². The summed E-state index contributed by atoms with van der Waals surface area (Å²) in [6.45, 7) is 0.832. The lowest BCUT2D eigenvalue weighted by Crippen LogP contribution is -2.40. The van der Waals surface area contributed by atoms with Gasteiger partial charge in [-0.1, -0.05) is 0 Å². The molecule has 0 bridgehead atoms. The summed E-state index contributed by atoms with van der Waals surface area (Å²) >= 11 is 0. The molecule has 17 heavy (non-hydrogen) atoms. The molecule has 0 spiro atoms. The van der Waals surface area contributed by atoms with Crippen molar-refractivity contribution in [3.8, 4) is 0 Å². The van der Waals surface area contributed by atoms with E-state index < -0.39 is 5.97 Å². The molecule has 1 aliphatic heterocycles. The highest BCUT2D eigenvalue weighted by molar-refractivity contribution is 5.73. The van der Waals surface area contributed by atoms with Crippen LogP contribution >= 0.6 is 0 Å². The number of carbonyl (C=O) groups is 2. The second-order valence-electron chi connectivity index (χ2n) is 3.84. The van der Waals surface area contributed by atoms with Crippen LogP contribution in [0.25, 0.3) is 0 Å². The lowest BCUT2D eigenvalue weighted by Gasteiger charge is -2.19. The van der Waals surface area contributed by atoms with Crippen molar-refractivity contribution in [1.29, 1.82) is 0 Å². The Hall–Kier alpha value is -1.72. The fourth-order valence-corrected chi connectivity index (χ4v) is 1.45. The molecule has 1 heterocycles. The average Bonchev–Trinajstić information content (AvgIpc) is 2.33. The summed E-state index contributed by atoms with van der Waals surface area (Å²) in [7, 11) is 0. The maximum atomic E-state index is 11.3. The molecule has 0 aliphatic carbocycles. The van der Waals surface area contributed by atoms with Crippen LogP contribution in [0.15, 0.2) is 12.3 Å². The molecule has 3 N–H and O–H groups in total. The van der Waals surface area contributed by atoms with Crippen LogP contribution in [0, 0.1) is 0 Å². The van der Waals surface area contributed by atoms with Crippen LogP contribution in [0.1, 0.15) is 25.7 Å². The van der Waals surface area contributed by atoms with Crippen molar-refractivity contribution in [3.05, 3.63) is 12.3 Å². The molecule has 0 saturated carbocycles. The number of aliphatic carboxylic acids is 1. The predicted octanol–water partition coefficient (Wildman–Crippen LogP) is 0.843. The van der Waals surface area contributed by atoms with Gasteiger partial charge in [-0.25, -0.2) is 4.79 Å². The molecular weight excluding hydrogens is 224 g/mol. The number of carboxylic acids is 1. The van der Waals surface area contributed by atoms with Gasteiger partial charge in [0.25, 0.3) is 0 Å². The van der Waals surface area contributed by atoms with Gasteiger partial charge in [0.1, 0.15) is 6.10 Å². The van der Waals surface area contributed by atoms with Crippen molar-refractivity contribution >= 4 is 12.0 Å². The van der Waals surface area contributed by atoms with Gasteiger partial charge in [-0.3, -0.25) is 4.79 Å². The Balaban J connectivity index is 2.00. The molecule has 1 rings (SSSR count). The quantitative estimate of drug-likeness (QED) is 0.602. The number of carboxylic acid groups (broad SMARTS) is 1. The molecule has 0 radical (unpaired) electrons. The number of nitrogens with one attached hydrogen (secondary N) is 2. The Morgan fingerprint density at radius 1 is 1.41 bits per heavy atom. The van der Waals surface area contributed by atoms with E-state index >= 15 is 0 Å². The highest BCUT2D eigenvalue weighted by Gasteiger charge is 2.11. The molecule has 0 saturated heterocycles. The zero-order valence-electron chi connectivity index (χ0n) is 9.65. The van der Waals surface area contributed by atoms with Gasteiger partial charge in [0, 0.05) is 13.0 Å². The molecule has 2 amide bonds. The lowest BCUT2D eigenvalue weighted by atomic mass is 10.1. The van der Waals surface area contributed by atoms with E-state index in [0.717, 1.165) is 12.8 Å². The number of allylic oxidation sites excluding steroid dienone is 1. The average molecular weight is 242 g/mol. The van der Waals surface area contributed by atoms with E-state index in [4.69, 9.17) is 9.84 Å². The summed E-state index contributed by atoms with van der Waals surface area (Å²) in [6.07, 6.45) is 6.00. The Labute approximate surface area is 100 Å². The number of amides is 2. The summed E-state index contributed by atoms with van der Waals surface area (Å²) in [6, 6.07) is -0.284. The minimum Gasteiger partial charge on any atom is -0.497 e. The van der Waals surface area contributed by atoms with Crippen LogP contribution in [-0.2, 0) is 9.53 Å². The topological polar surface area (TPSA) is 87.7 Å². The van der Waals surface area contributed by atoms with Crippen LogP contribution < -0.4 is 10.6 Å². The third kappa shape index (κ3) is 6.44. The van der Waals surface area contributed by atoms with Crippen molar-refractivity contribution in [1.82, 2.24) is 10.6 Å². The molecule has 6 nitrogen and oxygen atoms in total. The molecule has 1 unspecified atom stereocenters. The van der Waals surface area contributed by atoms with E-state index in [1.54, 1.807) is 6.26 Å². The Bertz CT molecular complexity index is 291. The van der Waals surface area contributed by atoms with E-state index in [1.807, 2.05) is 6.08 Å². The van der Waals surface area contributed by atoms with Crippen molar-refractivity contribution in [2.75, 3.05) is 13.1 Å². The second kappa shape index (κ2) is 7.54. The predicted molar refractivity (Wildman–Crippen MR) is 61.5 cm³/mol. The maximum absolute atomic E-state index is 11.3. The van der Waals surface area contributed by atoms with Crippen molar-refractivity contribution in [3.63, 3.8) is 0 Å². The molecule has 0 aromatic heterocycles. The third-order valence-corrected chi connectivity index (χ3v) is 2.37. The van der Waals surface area contributed by atoms with Crippen LogP contribution in [0.4, 0.5) is 4.79 Å². The van der Waals surface area contributed by atoms with Gasteiger partial charge in [0.2, 0.25) is 0 Å². The molecule has 6 heteroatoms. The summed E-state index contributed by atoms with van der Waals surface area (Å²) in [4.78, 5) is 21.5. The highest BCUT2D eigenvalue weighted by atomic mass is 16.5. The molecule has 96 valence electrons. The minimum absolute atomic E-state index is 0.0322.